The number of aliphatic hydroxyl groups is 4. The maximum absolute atomic E-state index is 14.3. The van der Waals surface area contributed by atoms with Gasteiger partial charge in [0.2, 0.25) is 29.5 Å². The Labute approximate surface area is 495 Å². The molecule has 1 aromatic heterocycles. The lowest BCUT2D eigenvalue weighted by Gasteiger charge is -2.52. The van der Waals surface area contributed by atoms with Gasteiger partial charge in [-0.2, -0.15) is 7.05 Å². The summed E-state index contributed by atoms with van der Waals surface area (Å²) in [6, 6.07) is 20.0. The molecule has 2 fully saturated rings. The molecule has 9 N–H and O–H groups in total. The molecule has 3 aromatic rings. The van der Waals surface area contributed by atoms with Gasteiger partial charge in [0.25, 0.3) is 5.91 Å². The number of aromatic nitrogens is 1. The lowest BCUT2D eigenvalue weighted by atomic mass is 9.87. The average molecular weight is 1220 g/mol. The van der Waals surface area contributed by atoms with E-state index in [0.29, 0.717) is 45.4 Å². The van der Waals surface area contributed by atoms with E-state index in [9.17, 15) is 69.0 Å². The number of aliphatic carboxylic acids is 1. The Kier molecular flexibility index (Phi) is 24.4. The number of aliphatic hydroxyl groups excluding tert-OH is 4. The third kappa shape index (κ3) is 17.9. The number of pyridine rings is 1. The lowest BCUT2D eigenvalue weighted by Crippen LogP contribution is -2.67. The molecule has 1 aliphatic carbocycles. The summed E-state index contributed by atoms with van der Waals surface area (Å²) in [5.41, 5.74) is -0.241. The van der Waals surface area contributed by atoms with Crippen LogP contribution < -0.4 is 21.4 Å². The molecule has 0 saturated carbocycles. The van der Waals surface area contributed by atoms with E-state index in [0.717, 1.165) is 17.0 Å². The number of amides is 6. The van der Waals surface area contributed by atoms with Crippen molar-refractivity contribution in [2.24, 2.45) is 0 Å². The van der Waals surface area contributed by atoms with Crippen LogP contribution in [0.2, 0.25) is 0 Å². The van der Waals surface area contributed by atoms with Gasteiger partial charge in [-0.3, -0.25) is 38.4 Å². The summed E-state index contributed by atoms with van der Waals surface area (Å²) >= 11 is 0. The monoisotopic (exact) mass is 1220 g/mol. The van der Waals surface area contributed by atoms with Crippen molar-refractivity contribution in [2.75, 3.05) is 111 Å². The molecule has 2 aromatic carbocycles. The molecule has 3 aliphatic heterocycles. The number of phenolic OH excluding ortho intramolecular Hbond substituents is 1. The van der Waals surface area contributed by atoms with Gasteiger partial charge in [-0.25, -0.2) is 4.98 Å². The van der Waals surface area contributed by atoms with Crippen LogP contribution >= 0.6 is 21.6 Å². The average Bonchev–Trinajstić information content (AvgIpc) is 3.56. The number of carbonyl (C=O) groups excluding carboxylic acids is 6. The molecule has 0 radical (unpaired) electrons. The molecular weight excluding hydrogens is 1150 g/mol. The molecule has 0 bridgehead atoms. The third-order valence-electron chi connectivity index (χ3n) is 13.8. The molecule has 27 nitrogen and oxygen atoms in total. The van der Waals surface area contributed by atoms with E-state index in [1.165, 1.54) is 50.8 Å². The molecule has 4 aliphatic rings. The standard InChI is InChI=1S/C56H67N8O19S2/c1-57-56(55(77)78)28-40(68)51(53(83-56)52(75)41(69)31-65)61-45(71)29-60-46(72)30-64(20-22-80-24-23-79-21-15-58-44(70)13-25-84-85-47-8-4-5-14-59-47)49(74)33-81-32-48(73)62-16-18-63(19-17-62)54(76)37-7-3-2-6-36(37)50-38-11-9-34(66)26-42(38)82-43-27-35(67)10-12-39(43)50/h2-12,14,26-27,40-41,51-53,65-66,68-69,75H,13,15-25,28-33H2,1H3,(H,58,70)(H,60,72)(H,61,71)(H,77,78)/q-1. The first-order valence-corrected chi connectivity index (χ1v) is 29.3. The van der Waals surface area contributed by atoms with Crippen LogP contribution in [-0.2, 0) is 47.7 Å². The Morgan fingerprint density at radius 3 is 2.33 bits per heavy atom. The number of carboxylic acid groups (broad SMARTS) is 1. The second-order valence-corrected chi connectivity index (χ2v) is 22.0. The number of carbonyl (C=O) groups is 7. The van der Waals surface area contributed by atoms with Crippen LogP contribution in [0.25, 0.3) is 38.7 Å². The summed E-state index contributed by atoms with van der Waals surface area (Å²) < 4.78 is 28.3. The van der Waals surface area contributed by atoms with Gasteiger partial charge < -0.3 is 90.0 Å². The van der Waals surface area contributed by atoms with Gasteiger partial charge in [-0.15, -0.1) is 0 Å². The van der Waals surface area contributed by atoms with Gasteiger partial charge in [0, 0.05) is 91.8 Å². The lowest BCUT2D eigenvalue weighted by molar-refractivity contribution is -0.219. The van der Waals surface area contributed by atoms with E-state index < -0.39 is 105 Å². The van der Waals surface area contributed by atoms with Crippen LogP contribution in [0.1, 0.15) is 23.2 Å². The summed E-state index contributed by atoms with van der Waals surface area (Å²) in [6.07, 6.45) is -6.11. The second-order valence-electron chi connectivity index (χ2n) is 19.5. The summed E-state index contributed by atoms with van der Waals surface area (Å²) in [5, 5.41) is 74.0. The van der Waals surface area contributed by atoms with Crippen LogP contribution in [0.5, 0.6) is 5.75 Å². The number of rotatable bonds is 30. The number of nitrogens with one attached hydrogen (secondary N) is 3. The van der Waals surface area contributed by atoms with Gasteiger partial charge in [0.1, 0.15) is 53.6 Å². The summed E-state index contributed by atoms with van der Waals surface area (Å²) in [7, 11) is 4.08. The predicted molar refractivity (Wildman–Crippen MR) is 307 cm³/mol. The fourth-order valence-corrected chi connectivity index (χ4v) is 11.2. The van der Waals surface area contributed by atoms with E-state index in [4.69, 9.17) is 23.4 Å². The number of phenols is 1. The fraction of sp³-hybridized carbons (Fsp3) is 0.446. The summed E-state index contributed by atoms with van der Waals surface area (Å²) in [5.74, 6) is -4.33. The highest BCUT2D eigenvalue weighted by Crippen LogP contribution is 2.42. The SMILES string of the molecule is C[N-]C1(C(=O)O)CC(O)C(NC(=O)CNC(=O)CN(CCOCCOCCNC(=O)CCSSc2ccccn2)C(=O)COCC(=O)N2CCN(C(=O)c3ccccc3-c3c4ccc(=O)cc-4oc4cc(O)ccc34)CC2)C(C(O)C(O)CO)O1. The van der Waals surface area contributed by atoms with Gasteiger partial charge in [-0.05, 0) is 65.2 Å². The van der Waals surface area contributed by atoms with Crippen LogP contribution in [0, 0.1) is 0 Å². The van der Waals surface area contributed by atoms with E-state index in [-0.39, 0.29) is 94.4 Å². The molecular formula is C56H67N8O19S2-. The number of benzene rings is 3. The largest absolute Gasteiger partial charge is 0.627 e. The van der Waals surface area contributed by atoms with Crippen molar-refractivity contribution in [3.05, 3.63) is 106 Å². The minimum absolute atomic E-state index is 0.0506. The van der Waals surface area contributed by atoms with Crippen molar-refractivity contribution < 1.29 is 87.6 Å². The van der Waals surface area contributed by atoms with E-state index in [1.54, 1.807) is 47.5 Å². The van der Waals surface area contributed by atoms with Gasteiger partial charge >= 0.3 is 5.97 Å². The van der Waals surface area contributed by atoms with Crippen molar-refractivity contribution in [1.82, 2.24) is 35.6 Å². The van der Waals surface area contributed by atoms with Crippen LogP contribution in [-0.4, -0.2) is 239 Å². The highest BCUT2D eigenvalue weighted by molar-refractivity contribution is 8.76. The van der Waals surface area contributed by atoms with Crippen LogP contribution in [0.4, 0.5) is 0 Å². The topological polar surface area (TPSA) is 381 Å². The second kappa shape index (κ2) is 31.7. The van der Waals surface area contributed by atoms with Crippen molar-refractivity contribution in [3.8, 4) is 28.2 Å². The first-order valence-electron chi connectivity index (χ1n) is 27.0. The third-order valence-corrected chi connectivity index (χ3v) is 16.0. The predicted octanol–water partition coefficient (Wildman–Crippen LogP) is 0.0243. The van der Waals surface area contributed by atoms with Crippen molar-refractivity contribution in [2.45, 2.75) is 54.1 Å². The number of carboxylic acids is 1. The first kappa shape index (κ1) is 65.3. The molecule has 2 saturated heterocycles. The minimum Gasteiger partial charge on any atom is -0.627 e. The maximum atomic E-state index is 14.3. The zero-order valence-electron chi connectivity index (χ0n) is 46.2. The summed E-state index contributed by atoms with van der Waals surface area (Å²) in [6.45, 7) is -2.69. The quantitative estimate of drug-likeness (QED) is 0.0166. The van der Waals surface area contributed by atoms with Crippen molar-refractivity contribution in [1.29, 1.82) is 0 Å². The van der Waals surface area contributed by atoms with E-state index in [2.05, 4.69) is 26.3 Å². The van der Waals surface area contributed by atoms with Crippen LogP contribution in [0.3, 0.4) is 0 Å². The molecule has 6 amide bonds. The minimum atomic E-state index is -2.37. The molecule has 85 heavy (non-hydrogen) atoms. The number of aromatic hydroxyl groups is 1. The number of likely N-dealkylation sites (N-methyl/N-ethyl adjacent to an activating group) is 1. The first-order chi connectivity index (χ1) is 40.9. The number of fused-ring (bicyclic) bond motifs is 2. The molecule has 6 atom stereocenters. The molecule has 458 valence electrons. The Balaban J connectivity index is 0.899. The number of ether oxygens (including phenoxy) is 4. The zero-order valence-corrected chi connectivity index (χ0v) is 47.9. The van der Waals surface area contributed by atoms with Gasteiger partial charge in [-0.1, -0.05) is 35.1 Å². The number of hydrogen-bond donors (Lipinski definition) is 9. The number of piperazine rings is 1. The van der Waals surface area contributed by atoms with E-state index >= 15 is 0 Å². The Hall–Kier alpha value is -7.29. The summed E-state index contributed by atoms with van der Waals surface area (Å²) in [4.78, 5) is 113. The Morgan fingerprint density at radius 2 is 1.60 bits per heavy atom. The molecule has 4 heterocycles. The number of hydrogen-bond acceptors (Lipinski definition) is 21. The van der Waals surface area contributed by atoms with Gasteiger partial charge in [0.05, 0.1) is 64.0 Å². The molecule has 29 heteroatoms. The zero-order chi connectivity index (χ0) is 61.0. The van der Waals surface area contributed by atoms with Gasteiger partial charge in [0.15, 0.2) is 5.43 Å². The Bertz CT molecular complexity index is 3140. The normalized spacial score (nSPS) is 18.6. The van der Waals surface area contributed by atoms with Crippen molar-refractivity contribution >= 4 is 74.0 Å². The smallest absolute Gasteiger partial charge is 0.314 e. The molecule has 0 spiro atoms. The van der Waals surface area contributed by atoms with E-state index in [1.807, 2.05) is 18.2 Å². The molecule has 7 rings (SSSR count). The molecule has 6 unspecified atom stereocenters. The fourth-order valence-electron chi connectivity index (χ4n) is 9.33. The maximum Gasteiger partial charge on any atom is 0.314 e. The van der Waals surface area contributed by atoms with Crippen LogP contribution in [0.15, 0.2) is 99.3 Å². The van der Waals surface area contributed by atoms with Crippen molar-refractivity contribution in [3.63, 3.8) is 0 Å². The highest BCUT2D eigenvalue weighted by Gasteiger charge is 2.50. The number of nitrogens with zero attached hydrogens (tertiary/aromatic N) is 5. The Morgan fingerprint density at radius 1 is 0.859 bits per heavy atom. The highest BCUT2D eigenvalue weighted by atomic mass is 33.1.